The molecule has 2 atom stereocenters. The zero-order chi connectivity index (χ0) is 13.8. The zero-order valence-corrected chi connectivity index (χ0v) is 10.4. The normalized spacial score (nSPS) is 15.4. The molecule has 0 radical (unpaired) electrons. The fraction of sp³-hybridized carbons (Fsp3) is 0.538. The predicted molar refractivity (Wildman–Crippen MR) is 62.8 cm³/mol. The van der Waals surface area contributed by atoms with Crippen molar-refractivity contribution in [3.63, 3.8) is 0 Å². The molecule has 0 aliphatic rings. The van der Waals surface area contributed by atoms with Crippen LogP contribution in [-0.4, -0.2) is 18.3 Å². The third-order valence-corrected chi connectivity index (χ3v) is 2.56. The number of benzene rings is 1. The highest BCUT2D eigenvalue weighted by atomic mass is 19.4. The lowest BCUT2D eigenvalue weighted by molar-refractivity contribution is -0.139. The van der Waals surface area contributed by atoms with E-state index in [-0.39, 0.29) is 11.9 Å². The van der Waals surface area contributed by atoms with Crippen molar-refractivity contribution >= 4 is 0 Å². The molecule has 18 heavy (non-hydrogen) atoms. The van der Waals surface area contributed by atoms with E-state index in [0.29, 0.717) is 6.42 Å². The number of rotatable bonds is 5. The maximum absolute atomic E-state index is 12.7. The second-order valence-electron chi connectivity index (χ2n) is 4.62. The van der Waals surface area contributed by atoms with Gasteiger partial charge in [0.2, 0.25) is 0 Å². The molecule has 0 heterocycles. The number of nitrogens with one attached hydrogen (secondary N) is 1. The van der Waals surface area contributed by atoms with Crippen LogP contribution in [0, 0.1) is 5.82 Å². The molecule has 0 saturated heterocycles. The van der Waals surface area contributed by atoms with Crippen molar-refractivity contribution in [2.75, 3.05) is 0 Å². The van der Waals surface area contributed by atoms with Crippen LogP contribution in [0.3, 0.4) is 0 Å². The minimum atomic E-state index is -4.15. The Morgan fingerprint density at radius 2 is 1.61 bits per heavy atom. The van der Waals surface area contributed by atoms with Crippen molar-refractivity contribution in [1.29, 1.82) is 0 Å². The van der Waals surface area contributed by atoms with E-state index in [1.54, 1.807) is 12.1 Å². The van der Waals surface area contributed by atoms with E-state index in [0.717, 1.165) is 5.56 Å². The summed E-state index contributed by atoms with van der Waals surface area (Å²) >= 11 is 0. The Morgan fingerprint density at radius 1 is 1.06 bits per heavy atom. The van der Waals surface area contributed by atoms with E-state index in [9.17, 15) is 17.6 Å². The largest absolute Gasteiger partial charge is 0.390 e. The van der Waals surface area contributed by atoms with Gasteiger partial charge in [-0.1, -0.05) is 12.1 Å². The smallest absolute Gasteiger partial charge is 0.311 e. The Hall–Kier alpha value is -1.10. The number of hydrogen-bond donors (Lipinski definition) is 1. The molecule has 0 aliphatic heterocycles. The molecule has 1 rings (SSSR count). The first kappa shape index (κ1) is 15.0. The molecule has 0 fully saturated rings. The van der Waals surface area contributed by atoms with Gasteiger partial charge in [-0.15, -0.1) is 0 Å². The SMILES string of the molecule is CC(Cc1ccc(F)cc1)NC(C)CC(F)(F)F. The predicted octanol–water partition coefficient (Wildman–Crippen LogP) is 3.69. The number of hydrogen-bond acceptors (Lipinski definition) is 1. The Morgan fingerprint density at radius 3 is 2.11 bits per heavy atom. The minimum absolute atomic E-state index is 0.0900. The summed E-state index contributed by atoms with van der Waals surface area (Å²) in [6, 6.07) is 5.26. The highest BCUT2D eigenvalue weighted by molar-refractivity contribution is 5.17. The summed E-state index contributed by atoms with van der Waals surface area (Å²) in [5, 5.41) is 2.89. The Labute approximate surface area is 104 Å². The second kappa shape index (κ2) is 6.18. The van der Waals surface area contributed by atoms with Crippen LogP contribution in [0.2, 0.25) is 0 Å². The van der Waals surface area contributed by atoms with E-state index in [1.165, 1.54) is 19.1 Å². The summed E-state index contributed by atoms with van der Waals surface area (Å²) < 4.78 is 49.1. The average molecular weight is 263 g/mol. The first-order valence-corrected chi connectivity index (χ1v) is 5.83. The van der Waals surface area contributed by atoms with Gasteiger partial charge in [0.05, 0.1) is 6.42 Å². The van der Waals surface area contributed by atoms with E-state index >= 15 is 0 Å². The van der Waals surface area contributed by atoms with Crippen LogP contribution in [0.5, 0.6) is 0 Å². The third-order valence-electron chi connectivity index (χ3n) is 2.56. The molecule has 1 aromatic rings. The molecule has 5 heteroatoms. The van der Waals surface area contributed by atoms with E-state index in [4.69, 9.17) is 0 Å². The summed E-state index contributed by atoms with van der Waals surface area (Å²) in [6.45, 7) is 3.32. The molecule has 0 saturated carbocycles. The van der Waals surface area contributed by atoms with Gasteiger partial charge < -0.3 is 5.32 Å². The van der Waals surface area contributed by atoms with Crippen molar-refractivity contribution < 1.29 is 17.6 Å². The lowest BCUT2D eigenvalue weighted by Gasteiger charge is -2.21. The van der Waals surface area contributed by atoms with Crippen LogP contribution in [0.1, 0.15) is 25.8 Å². The van der Waals surface area contributed by atoms with Crippen molar-refractivity contribution in [1.82, 2.24) is 5.32 Å². The van der Waals surface area contributed by atoms with E-state index in [1.807, 2.05) is 6.92 Å². The first-order valence-electron chi connectivity index (χ1n) is 5.83. The van der Waals surface area contributed by atoms with Gasteiger partial charge in [0.25, 0.3) is 0 Å². The fourth-order valence-corrected chi connectivity index (χ4v) is 1.92. The Kier molecular flexibility index (Phi) is 5.14. The molecule has 2 unspecified atom stereocenters. The number of alkyl halides is 3. The van der Waals surface area contributed by atoms with Crippen LogP contribution in [0.4, 0.5) is 17.6 Å². The summed E-state index contributed by atoms with van der Waals surface area (Å²) in [5.74, 6) is -0.315. The monoisotopic (exact) mass is 263 g/mol. The molecular formula is C13H17F4N. The van der Waals surface area contributed by atoms with Gasteiger partial charge in [0.15, 0.2) is 0 Å². The van der Waals surface area contributed by atoms with Crippen LogP contribution < -0.4 is 5.32 Å². The van der Waals surface area contributed by atoms with Gasteiger partial charge >= 0.3 is 6.18 Å². The topological polar surface area (TPSA) is 12.0 Å². The summed E-state index contributed by atoms with van der Waals surface area (Å²) in [5.41, 5.74) is 0.899. The average Bonchev–Trinajstić information content (AvgIpc) is 2.18. The molecule has 1 N–H and O–H groups in total. The van der Waals surface area contributed by atoms with Crippen LogP contribution >= 0.6 is 0 Å². The molecule has 0 aromatic heterocycles. The van der Waals surface area contributed by atoms with E-state index in [2.05, 4.69) is 5.32 Å². The fourth-order valence-electron chi connectivity index (χ4n) is 1.92. The Bertz CT molecular complexity index is 358. The van der Waals surface area contributed by atoms with Crippen molar-refractivity contribution in [3.8, 4) is 0 Å². The third kappa shape index (κ3) is 6.00. The zero-order valence-electron chi connectivity index (χ0n) is 10.4. The second-order valence-corrected chi connectivity index (χ2v) is 4.62. The van der Waals surface area contributed by atoms with Crippen LogP contribution in [0.25, 0.3) is 0 Å². The van der Waals surface area contributed by atoms with Crippen molar-refractivity contribution in [3.05, 3.63) is 35.6 Å². The highest BCUT2D eigenvalue weighted by Gasteiger charge is 2.30. The molecule has 0 amide bonds. The summed E-state index contributed by atoms with van der Waals surface area (Å²) in [4.78, 5) is 0. The van der Waals surface area contributed by atoms with Gasteiger partial charge in [-0.3, -0.25) is 0 Å². The molecule has 0 aliphatic carbocycles. The lowest BCUT2D eigenvalue weighted by Crippen LogP contribution is -2.38. The van der Waals surface area contributed by atoms with Crippen LogP contribution in [0.15, 0.2) is 24.3 Å². The van der Waals surface area contributed by atoms with Crippen molar-refractivity contribution in [2.45, 2.75) is 44.9 Å². The highest BCUT2D eigenvalue weighted by Crippen LogP contribution is 2.21. The molecule has 102 valence electrons. The molecule has 0 bridgehead atoms. The van der Waals surface area contributed by atoms with Gasteiger partial charge in [-0.2, -0.15) is 13.2 Å². The van der Waals surface area contributed by atoms with Gasteiger partial charge in [0.1, 0.15) is 5.82 Å². The van der Waals surface area contributed by atoms with Gasteiger partial charge in [-0.25, -0.2) is 4.39 Å². The Balaban J connectivity index is 2.41. The standard InChI is InChI=1S/C13H17F4N/c1-9(18-10(2)8-13(15,16)17)7-11-3-5-12(14)6-4-11/h3-6,9-10,18H,7-8H2,1-2H3. The maximum atomic E-state index is 12.7. The molecule has 1 aromatic carbocycles. The molecule has 1 nitrogen and oxygen atoms in total. The summed E-state index contributed by atoms with van der Waals surface area (Å²) in [6.07, 6.45) is -4.43. The van der Waals surface area contributed by atoms with Crippen molar-refractivity contribution in [2.24, 2.45) is 0 Å². The number of halogens is 4. The maximum Gasteiger partial charge on any atom is 0.390 e. The molecular weight excluding hydrogens is 246 g/mol. The van der Waals surface area contributed by atoms with E-state index < -0.39 is 18.6 Å². The first-order chi connectivity index (χ1) is 8.26. The lowest BCUT2D eigenvalue weighted by atomic mass is 10.1. The van der Waals surface area contributed by atoms with Gasteiger partial charge in [-0.05, 0) is 38.0 Å². The minimum Gasteiger partial charge on any atom is -0.311 e. The van der Waals surface area contributed by atoms with Crippen LogP contribution in [-0.2, 0) is 6.42 Å². The molecule has 0 spiro atoms. The quantitative estimate of drug-likeness (QED) is 0.799. The summed E-state index contributed by atoms with van der Waals surface area (Å²) in [7, 11) is 0. The van der Waals surface area contributed by atoms with Gasteiger partial charge in [0, 0.05) is 12.1 Å².